The molecule has 0 aliphatic heterocycles. The maximum absolute atomic E-state index is 11.9. The van der Waals surface area contributed by atoms with Crippen molar-refractivity contribution in [2.75, 3.05) is 13.2 Å². The van der Waals surface area contributed by atoms with Gasteiger partial charge in [-0.15, -0.1) is 0 Å². The zero-order valence-corrected chi connectivity index (χ0v) is 16.6. The van der Waals surface area contributed by atoms with Crippen molar-refractivity contribution in [2.45, 2.75) is 111 Å². The van der Waals surface area contributed by atoms with Gasteiger partial charge in [0.15, 0.2) is 0 Å². The summed E-state index contributed by atoms with van der Waals surface area (Å²) in [6.45, 7) is 6.94. The second-order valence-corrected chi connectivity index (χ2v) is 7.35. The topological polar surface area (TPSA) is 46.5 Å². The summed E-state index contributed by atoms with van der Waals surface area (Å²) in [6, 6.07) is 0. The minimum atomic E-state index is -0.232. The second kappa shape index (κ2) is 15.9. The van der Waals surface area contributed by atoms with E-state index in [2.05, 4.69) is 20.8 Å². The van der Waals surface area contributed by atoms with Gasteiger partial charge in [-0.3, -0.25) is 4.79 Å². The predicted octanol–water partition coefficient (Wildman–Crippen LogP) is 6.03. The van der Waals surface area contributed by atoms with Crippen molar-refractivity contribution in [1.29, 1.82) is 0 Å². The number of hydrogen-bond acceptors (Lipinski definition) is 3. The largest absolute Gasteiger partial charge is 0.465 e. The van der Waals surface area contributed by atoms with Crippen LogP contribution in [0.1, 0.15) is 111 Å². The molecule has 0 aliphatic rings. The minimum absolute atomic E-state index is 0.0966. The van der Waals surface area contributed by atoms with Crippen LogP contribution in [0.25, 0.3) is 0 Å². The number of hydrogen-bond donors (Lipinski definition) is 1. The summed E-state index contributed by atoms with van der Waals surface area (Å²) in [4.78, 5) is 11.9. The summed E-state index contributed by atoms with van der Waals surface area (Å²) in [5, 5.41) is 9.68. The molecular weight excluding hydrogens is 300 g/mol. The number of carbonyl (C=O) groups excluding carboxylic acids is 1. The fourth-order valence-corrected chi connectivity index (χ4v) is 3.03. The Hall–Kier alpha value is -0.570. The van der Waals surface area contributed by atoms with Gasteiger partial charge >= 0.3 is 5.97 Å². The second-order valence-electron chi connectivity index (χ2n) is 7.35. The molecule has 3 nitrogen and oxygen atoms in total. The Morgan fingerprint density at radius 1 is 0.833 bits per heavy atom. The number of unbranched alkanes of at least 4 members (excludes halogenated alkanes) is 9. The van der Waals surface area contributed by atoms with Crippen LogP contribution in [0, 0.1) is 5.41 Å². The number of aliphatic hydroxyl groups excluding tert-OH is 1. The van der Waals surface area contributed by atoms with Gasteiger partial charge < -0.3 is 9.84 Å². The van der Waals surface area contributed by atoms with Gasteiger partial charge in [-0.05, 0) is 19.3 Å². The summed E-state index contributed by atoms with van der Waals surface area (Å²) in [7, 11) is 0. The fourth-order valence-electron chi connectivity index (χ4n) is 3.03. The van der Waals surface area contributed by atoms with Crippen LogP contribution in [0.3, 0.4) is 0 Å². The Morgan fingerprint density at radius 3 is 1.88 bits per heavy atom. The van der Waals surface area contributed by atoms with Crippen LogP contribution in [-0.4, -0.2) is 24.3 Å². The molecule has 0 heterocycles. The molecule has 0 aromatic rings. The highest BCUT2D eigenvalue weighted by Gasteiger charge is 2.28. The van der Waals surface area contributed by atoms with E-state index in [9.17, 15) is 9.90 Å². The molecule has 0 aromatic carbocycles. The first-order chi connectivity index (χ1) is 11.6. The Labute approximate surface area is 150 Å². The lowest BCUT2D eigenvalue weighted by molar-refractivity contribution is -0.148. The number of carbonyl (C=O) groups is 1. The van der Waals surface area contributed by atoms with Gasteiger partial charge in [0.1, 0.15) is 0 Å². The number of ether oxygens (including phenoxy) is 1. The zero-order chi connectivity index (χ0) is 18.1. The number of aliphatic hydroxyl groups is 1. The van der Waals surface area contributed by atoms with E-state index in [0.717, 1.165) is 38.5 Å². The van der Waals surface area contributed by atoms with Gasteiger partial charge in [-0.25, -0.2) is 0 Å². The van der Waals surface area contributed by atoms with Crippen LogP contribution in [0.4, 0.5) is 0 Å². The molecule has 0 saturated carbocycles. The molecule has 24 heavy (non-hydrogen) atoms. The van der Waals surface area contributed by atoms with Gasteiger partial charge in [0.2, 0.25) is 0 Å². The summed E-state index contributed by atoms with van der Waals surface area (Å²) in [5.41, 5.74) is -0.232. The van der Waals surface area contributed by atoms with Gasteiger partial charge in [0.05, 0.1) is 13.2 Å². The van der Waals surface area contributed by atoms with Gasteiger partial charge in [0, 0.05) is 11.8 Å². The van der Waals surface area contributed by atoms with Gasteiger partial charge in [0.25, 0.3) is 0 Å². The first-order valence-corrected chi connectivity index (χ1v) is 10.4. The molecule has 0 radical (unpaired) electrons. The quantitative estimate of drug-likeness (QED) is 0.259. The summed E-state index contributed by atoms with van der Waals surface area (Å²) >= 11 is 0. The molecule has 0 bridgehead atoms. The Morgan fingerprint density at radius 2 is 1.38 bits per heavy atom. The fraction of sp³-hybridized carbons (Fsp3) is 0.952. The standard InChI is InChI=1S/C21H42O3/c1-4-7-9-10-11-12-13-14-15-16-20(23)24-19-21(6-3,18-22)17-8-5-2/h22H,4-19H2,1-3H3. The predicted molar refractivity (Wildman–Crippen MR) is 102 cm³/mol. The summed E-state index contributed by atoms with van der Waals surface area (Å²) in [5.74, 6) is -0.0966. The number of esters is 1. The van der Waals surface area contributed by atoms with E-state index < -0.39 is 0 Å². The molecule has 1 N–H and O–H groups in total. The lowest BCUT2D eigenvalue weighted by atomic mass is 9.82. The lowest BCUT2D eigenvalue weighted by Gasteiger charge is -2.30. The molecule has 0 rings (SSSR count). The van der Waals surface area contributed by atoms with Crippen molar-refractivity contribution in [2.24, 2.45) is 5.41 Å². The highest BCUT2D eigenvalue weighted by Crippen LogP contribution is 2.29. The van der Waals surface area contributed by atoms with E-state index >= 15 is 0 Å². The molecule has 3 heteroatoms. The summed E-state index contributed by atoms with van der Waals surface area (Å²) in [6.07, 6.45) is 15.8. The Kier molecular flexibility index (Phi) is 15.6. The van der Waals surface area contributed by atoms with Crippen LogP contribution < -0.4 is 0 Å². The molecule has 0 aliphatic carbocycles. The van der Waals surface area contributed by atoms with Crippen LogP contribution in [0.2, 0.25) is 0 Å². The molecule has 144 valence electrons. The average molecular weight is 343 g/mol. The highest BCUT2D eigenvalue weighted by molar-refractivity contribution is 5.69. The van der Waals surface area contributed by atoms with E-state index in [-0.39, 0.29) is 18.0 Å². The van der Waals surface area contributed by atoms with Crippen LogP contribution >= 0.6 is 0 Å². The van der Waals surface area contributed by atoms with E-state index in [1.54, 1.807) is 0 Å². The maximum Gasteiger partial charge on any atom is 0.305 e. The summed E-state index contributed by atoms with van der Waals surface area (Å²) < 4.78 is 5.46. The average Bonchev–Trinajstić information content (AvgIpc) is 2.61. The molecule has 0 amide bonds. The normalized spacial score (nSPS) is 13.7. The van der Waals surface area contributed by atoms with Crippen LogP contribution in [0.15, 0.2) is 0 Å². The van der Waals surface area contributed by atoms with E-state index in [1.807, 2.05) is 0 Å². The third kappa shape index (κ3) is 11.9. The first kappa shape index (κ1) is 23.4. The van der Waals surface area contributed by atoms with Crippen molar-refractivity contribution in [3.05, 3.63) is 0 Å². The van der Waals surface area contributed by atoms with E-state index in [1.165, 1.54) is 44.9 Å². The zero-order valence-electron chi connectivity index (χ0n) is 16.6. The highest BCUT2D eigenvalue weighted by atomic mass is 16.5. The molecule has 0 spiro atoms. The van der Waals surface area contributed by atoms with Crippen molar-refractivity contribution < 1.29 is 14.6 Å². The Bertz CT molecular complexity index is 285. The Balaban J connectivity index is 3.70. The van der Waals surface area contributed by atoms with Crippen molar-refractivity contribution in [3.63, 3.8) is 0 Å². The van der Waals surface area contributed by atoms with Crippen LogP contribution in [-0.2, 0) is 9.53 Å². The van der Waals surface area contributed by atoms with Crippen molar-refractivity contribution in [1.82, 2.24) is 0 Å². The third-order valence-electron chi connectivity index (χ3n) is 5.17. The molecular formula is C21H42O3. The van der Waals surface area contributed by atoms with Crippen molar-refractivity contribution >= 4 is 5.97 Å². The molecule has 0 aromatic heterocycles. The number of rotatable bonds is 17. The molecule has 0 fully saturated rings. The SMILES string of the molecule is CCCCCCCCCCCC(=O)OCC(CC)(CO)CCCC. The minimum Gasteiger partial charge on any atom is -0.465 e. The molecule has 0 saturated heterocycles. The van der Waals surface area contributed by atoms with E-state index in [0.29, 0.717) is 13.0 Å². The van der Waals surface area contributed by atoms with E-state index in [4.69, 9.17) is 4.74 Å². The van der Waals surface area contributed by atoms with Gasteiger partial charge in [-0.2, -0.15) is 0 Å². The molecule has 1 unspecified atom stereocenters. The third-order valence-corrected chi connectivity index (χ3v) is 5.17. The van der Waals surface area contributed by atoms with Crippen molar-refractivity contribution in [3.8, 4) is 0 Å². The smallest absolute Gasteiger partial charge is 0.305 e. The monoisotopic (exact) mass is 342 g/mol. The van der Waals surface area contributed by atoms with Crippen LogP contribution in [0.5, 0.6) is 0 Å². The lowest BCUT2D eigenvalue weighted by Crippen LogP contribution is -2.31. The first-order valence-electron chi connectivity index (χ1n) is 10.4. The van der Waals surface area contributed by atoms with Gasteiger partial charge in [-0.1, -0.05) is 85.0 Å². The maximum atomic E-state index is 11.9. The molecule has 1 atom stereocenters.